The molecule has 0 atom stereocenters. The molecule has 0 aromatic carbocycles. The molecule has 0 spiro atoms. The van der Waals surface area contributed by atoms with E-state index in [1.54, 1.807) is 13.3 Å². The highest BCUT2D eigenvalue weighted by Crippen LogP contribution is 2.08. The molecule has 118 valence electrons. The van der Waals surface area contributed by atoms with Crippen molar-refractivity contribution in [2.75, 3.05) is 33.4 Å². The van der Waals surface area contributed by atoms with E-state index in [9.17, 15) is 0 Å². The minimum Gasteiger partial charge on any atom is -0.478 e. The summed E-state index contributed by atoms with van der Waals surface area (Å²) in [6.07, 6.45) is 2.78. The van der Waals surface area contributed by atoms with E-state index in [0.717, 1.165) is 31.0 Å². The van der Waals surface area contributed by atoms with Crippen LogP contribution >= 0.6 is 0 Å². The van der Waals surface area contributed by atoms with Gasteiger partial charge >= 0.3 is 0 Å². The van der Waals surface area contributed by atoms with Gasteiger partial charge in [-0.2, -0.15) is 0 Å². The fourth-order valence-electron chi connectivity index (χ4n) is 1.58. The maximum Gasteiger partial charge on any atom is 0.213 e. The van der Waals surface area contributed by atoms with Gasteiger partial charge in [-0.05, 0) is 18.9 Å². The normalized spacial score (nSPS) is 11.3. The summed E-state index contributed by atoms with van der Waals surface area (Å²) in [4.78, 5) is 8.77. The number of methoxy groups -OCH3 is 1. The number of aromatic nitrogens is 1. The molecule has 0 radical (unpaired) electrons. The highest BCUT2D eigenvalue weighted by Gasteiger charge is 1.99. The lowest BCUT2D eigenvalue weighted by molar-refractivity contribution is 0.203. The van der Waals surface area contributed by atoms with Crippen LogP contribution in [0.4, 0.5) is 0 Å². The molecule has 0 unspecified atom stereocenters. The molecule has 1 aromatic heterocycles. The lowest BCUT2D eigenvalue weighted by atomic mass is 10.3. The van der Waals surface area contributed by atoms with E-state index in [0.29, 0.717) is 25.6 Å². The molecule has 0 saturated carbocycles. The fourth-order valence-corrected chi connectivity index (χ4v) is 1.58. The van der Waals surface area contributed by atoms with Crippen LogP contribution in [0.3, 0.4) is 0 Å². The number of rotatable bonds is 9. The summed E-state index contributed by atoms with van der Waals surface area (Å²) in [5.41, 5.74) is 1.04. The third-order valence-corrected chi connectivity index (χ3v) is 2.61. The number of pyridine rings is 1. The fraction of sp³-hybridized carbons (Fsp3) is 0.600. The molecule has 21 heavy (non-hydrogen) atoms. The number of nitrogens with one attached hydrogen (secondary N) is 2. The van der Waals surface area contributed by atoms with E-state index in [2.05, 4.69) is 27.5 Å². The van der Waals surface area contributed by atoms with Crippen molar-refractivity contribution < 1.29 is 9.47 Å². The first kappa shape index (κ1) is 17.2. The molecule has 1 aromatic rings. The van der Waals surface area contributed by atoms with Crippen LogP contribution in [0.25, 0.3) is 0 Å². The van der Waals surface area contributed by atoms with Crippen molar-refractivity contribution in [2.24, 2.45) is 4.99 Å². The smallest absolute Gasteiger partial charge is 0.213 e. The molecule has 1 heterocycles. The second-order valence-corrected chi connectivity index (χ2v) is 4.47. The first-order valence-corrected chi connectivity index (χ1v) is 7.39. The molecule has 0 aliphatic carbocycles. The highest BCUT2D eigenvalue weighted by molar-refractivity contribution is 5.79. The van der Waals surface area contributed by atoms with Crippen LogP contribution in [0, 0.1) is 0 Å². The number of hydrogen-bond donors (Lipinski definition) is 2. The summed E-state index contributed by atoms with van der Waals surface area (Å²) in [6.45, 7) is 7.57. The second-order valence-electron chi connectivity index (χ2n) is 4.47. The predicted molar refractivity (Wildman–Crippen MR) is 84.7 cm³/mol. The molecular formula is C15H26N4O2. The van der Waals surface area contributed by atoms with Gasteiger partial charge in [-0.3, -0.25) is 0 Å². The largest absolute Gasteiger partial charge is 0.478 e. The average Bonchev–Trinajstić information content (AvgIpc) is 2.52. The van der Waals surface area contributed by atoms with Gasteiger partial charge in [0, 0.05) is 32.5 Å². The molecule has 0 fully saturated rings. The van der Waals surface area contributed by atoms with E-state index < -0.39 is 0 Å². The van der Waals surface area contributed by atoms with Crippen molar-refractivity contribution in [1.82, 2.24) is 15.6 Å². The number of guanidine groups is 1. The maximum absolute atomic E-state index is 5.45. The Morgan fingerprint density at radius 3 is 2.71 bits per heavy atom. The number of nitrogens with zero attached hydrogens (tertiary/aromatic N) is 2. The number of aliphatic imine (C=N–C) groups is 1. The molecule has 0 aliphatic rings. The van der Waals surface area contributed by atoms with Gasteiger partial charge in [0.1, 0.15) is 0 Å². The van der Waals surface area contributed by atoms with E-state index in [1.807, 2.05) is 19.1 Å². The van der Waals surface area contributed by atoms with Crippen LogP contribution in [-0.4, -0.2) is 44.4 Å². The lowest BCUT2D eigenvalue weighted by Crippen LogP contribution is -2.38. The van der Waals surface area contributed by atoms with Gasteiger partial charge in [-0.15, -0.1) is 0 Å². The quantitative estimate of drug-likeness (QED) is 0.411. The zero-order valence-corrected chi connectivity index (χ0v) is 13.2. The molecule has 6 heteroatoms. The van der Waals surface area contributed by atoms with Crippen LogP contribution in [0.1, 0.15) is 25.8 Å². The standard InChI is InChI=1S/C15H26N4O2/c1-4-9-21-14-7-6-13(11-18-14)12-19-15(16-5-2)17-8-10-20-3/h6-7,11H,4-5,8-10,12H2,1-3H3,(H2,16,17,19). The third-order valence-electron chi connectivity index (χ3n) is 2.61. The molecule has 0 amide bonds. The molecule has 2 N–H and O–H groups in total. The average molecular weight is 294 g/mol. The summed E-state index contributed by atoms with van der Waals surface area (Å²) in [5.74, 6) is 1.44. The van der Waals surface area contributed by atoms with Crippen molar-refractivity contribution in [1.29, 1.82) is 0 Å². The first-order valence-electron chi connectivity index (χ1n) is 7.39. The van der Waals surface area contributed by atoms with Crippen LogP contribution < -0.4 is 15.4 Å². The Hall–Kier alpha value is -1.82. The van der Waals surface area contributed by atoms with Crippen LogP contribution in [0.5, 0.6) is 5.88 Å². The number of ether oxygens (including phenoxy) is 2. The van der Waals surface area contributed by atoms with Gasteiger partial charge in [-0.25, -0.2) is 9.98 Å². The molecule has 0 saturated heterocycles. The zero-order chi connectivity index (χ0) is 15.3. The summed E-state index contributed by atoms with van der Waals surface area (Å²) >= 11 is 0. The van der Waals surface area contributed by atoms with E-state index >= 15 is 0 Å². The van der Waals surface area contributed by atoms with E-state index in [-0.39, 0.29) is 0 Å². The van der Waals surface area contributed by atoms with Gasteiger partial charge in [-0.1, -0.05) is 13.0 Å². The monoisotopic (exact) mass is 294 g/mol. The predicted octanol–water partition coefficient (Wildman–Crippen LogP) is 1.57. The molecular weight excluding hydrogens is 268 g/mol. The lowest BCUT2D eigenvalue weighted by Gasteiger charge is -2.10. The second kappa shape index (κ2) is 10.9. The van der Waals surface area contributed by atoms with Crippen LogP contribution in [0.2, 0.25) is 0 Å². The van der Waals surface area contributed by atoms with Crippen LogP contribution in [-0.2, 0) is 11.3 Å². The number of hydrogen-bond acceptors (Lipinski definition) is 4. The van der Waals surface area contributed by atoms with E-state index in [4.69, 9.17) is 9.47 Å². The first-order chi connectivity index (χ1) is 10.3. The Bertz CT molecular complexity index is 407. The SMILES string of the molecule is CCCOc1ccc(CN=C(NCC)NCCOC)cn1. The molecule has 6 nitrogen and oxygen atoms in total. The zero-order valence-electron chi connectivity index (χ0n) is 13.2. The Labute approximate surface area is 127 Å². The van der Waals surface area contributed by atoms with Gasteiger partial charge in [0.15, 0.2) is 5.96 Å². The molecule has 0 aliphatic heterocycles. The summed E-state index contributed by atoms with van der Waals surface area (Å²) in [7, 11) is 1.68. The highest BCUT2D eigenvalue weighted by atomic mass is 16.5. The van der Waals surface area contributed by atoms with Gasteiger partial charge in [0.2, 0.25) is 5.88 Å². The van der Waals surface area contributed by atoms with Crippen LogP contribution in [0.15, 0.2) is 23.3 Å². The molecule has 1 rings (SSSR count). The maximum atomic E-state index is 5.45. The molecule has 0 bridgehead atoms. The topological polar surface area (TPSA) is 67.8 Å². The van der Waals surface area contributed by atoms with Gasteiger partial charge in [0.05, 0.1) is 19.8 Å². The summed E-state index contributed by atoms with van der Waals surface area (Å²) < 4.78 is 10.5. The van der Waals surface area contributed by atoms with Crippen molar-refractivity contribution in [3.8, 4) is 5.88 Å². The third kappa shape index (κ3) is 7.51. The minimum absolute atomic E-state index is 0.573. The van der Waals surface area contributed by atoms with Crippen molar-refractivity contribution in [3.63, 3.8) is 0 Å². The Balaban J connectivity index is 2.50. The van der Waals surface area contributed by atoms with Crippen molar-refractivity contribution in [2.45, 2.75) is 26.8 Å². The summed E-state index contributed by atoms with van der Waals surface area (Å²) in [5, 5.41) is 6.39. The van der Waals surface area contributed by atoms with Crippen molar-refractivity contribution in [3.05, 3.63) is 23.9 Å². The van der Waals surface area contributed by atoms with Gasteiger partial charge in [0.25, 0.3) is 0 Å². The minimum atomic E-state index is 0.573. The Morgan fingerprint density at radius 1 is 1.24 bits per heavy atom. The Morgan fingerprint density at radius 2 is 2.10 bits per heavy atom. The summed E-state index contributed by atoms with van der Waals surface area (Å²) in [6, 6.07) is 3.87. The van der Waals surface area contributed by atoms with Crippen molar-refractivity contribution >= 4 is 5.96 Å². The van der Waals surface area contributed by atoms with E-state index in [1.165, 1.54) is 0 Å². The van der Waals surface area contributed by atoms with Gasteiger partial charge < -0.3 is 20.1 Å². The Kier molecular flexibility index (Phi) is 8.95.